The molecule has 0 saturated heterocycles. The van der Waals surface area contributed by atoms with E-state index in [0.717, 1.165) is 17.3 Å². The molecule has 3 rings (SSSR count). The zero-order chi connectivity index (χ0) is 18.7. The van der Waals surface area contributed by atoms with Crippen LogP contribution in [0.5, 0.6) is 0 Å². The summed E-state index contributed by atoms with van der Waals surface area (Å²) in [5.74, 6) is 0. The molecule has 1 unspecified atom stereocenters. The van der Waals surface area contributed by atoms with Gasteiger partial charge in [0.25, 0.3) is 6.02 Å². The number of nitrogens with zero attached hydrogens (tertiary/aromatic N) is 2. The van der Waals surface area contributed by atoms with Crippen LogP contribution in [0.2, 0.25) is 0 Å². The Morgan fingerprint density at radius 3 is 2.50 bits per heavy atom. The lowest BCUT2D eigenvalue weighted by molar-refractivity contribution is -0.137. The number of rotatable bonds is 5. The van der Waals surface area contributed by atoms with Crippen molar-refractivity contribution in [2.45, 2.75) is 25.7 Å². The van der Waals surface area contributed by atoms with Crippen LogP contribution in [-0.2, 0) is 17.5 Å². The van der Waals surface area contributed by atoms with E-state index in [2.05, 4.69) is 4.99 Å². The number of amidine groups is 1. The summed E-state index contributed by atoms with van der Waals surface area (Å²) < 4.78 is 44.1. The van der Waals surface area contributed by atoms with Gasteiger partial charge >= 0.3 is 6.18 Å². The third-order valence-corrected chi connectivity index (χ3v) is 4.25. The van der Waals surface area contributed by atoms with Gasteiger partial charge in [0.2, 0.25) is 0 Å². The lowest BCUT2D eigenvalue weighted by atomic mass is 10.1. The van der Waals surface area contributed by atoms with Crippen LogP contribution >= 0.6 is 0 Å². The largest absolute Gasteiger partial charge is 0.463 e. The third-order valence-electron chi connectivity index (χ3n) is 4.25. The van der Waals surface area contributed by atoms with Crippen molar-refractivity contribution >= 4 is 11.7 Å². The number of nitrogens with two attached hydrogens (primary N) is 1. The Labute approximate surface area is 150 Å². The highest BCUT2D eigenvalue weighted by Gasteiger charge is 2.31. The van der Waals surface area contributed by atoms with Gasteiger partial charge in [-0.3, -0.25) is 0 Å². The SMILES string of the molecule is Cc1cc(C(F)(F)F)ccc1N(Cc1ccccc1)CC1COC(N)=N1. The van der Waals surface area contributed by atoms with E-state index < -0.39 is 11.7 Å². The van der Waals surface area contributed by atoms with Gasteiger partial charge in [-0.15, -0.1) is 0 Å². The molecule has 1 aliphatic heterocycles. The van der Waals surface area contributed by atoms with Crippen LogP contribution in [0.4, 0.5) is 18.9 Å². The van der Waals surface area contributed by atoms with Gasteiger partial charge in [0, 0.05) is 18.8 Å². The van der Waals surface area contributed by atoms with Crippen LogP contribution in [0.1, 0.15) is 16.7 Å². The van der Waals surface area contributed by atoms with Crippen LogP contribution < -0.4 is 10.6 Å². The number of aliphatic imine (C=N–C) groups is 1. The molecule has 7 heteroatoms. The average Bonchev–Trinajstić information content (AvgIpc) is 2.99. The normalized spacial score (nSPS) is 16.9. The van der Waals surface area contributed by atoms with E-state index in [4.69, 9.17) is 10.5 Å². The molecule has 0 radical (unpaired) electrons. The van der Waals surface area contributed by atoms with Crippen molar-refractivity contribution in [3.8, 4) is 0 Å². The number of hydrogen-bond donors (Lipinski definition) is 1. The Hall–Kier alpha value is -2.70. The van der Waals surface area contributed by atoms with Crippen molar-refractivity contribution in [2.24, 2.45) is 10.7 Å². The monoisotopic (exact) mass is 363 g/mol. The number of benzene rings is 2. The Kier molecular flexibility index (Phi) is 5.06. The van der Waals surface area contributed by atoms with Crippen molar-refractivity contribution in [3.63, 3.8) is 0 Å². The number of anilines is 1. The first-order valence-corrected chi connectivity index (χ1v) is 8.26. The molecule has 0 fully saturated rings. The zero-order valence-electron chi connectivity index (χ0n) is 14.3. The molecule has 26 heavy (non-hydrogen) atoms. The molecular weight excluding hydrogens is 343 g/mol. The molecule has 0 saturated carbocycles. The molecule has 0 bridgehead atoms. The third kappa shape index (κ3) is 4.28. The summed E-state index contributed by atoms with van der Waals surface area (Å²) in [7, 11) is 0. The molecule has 138 valence electrons. The highest BCUT2D eigenvalue weighted by molar-refractivity contribution is 5.73. The molecule has 0 aliphatic carbocycles. The molecule has 0 aromatic heterocycles. The minimum atomic E-state index is -4.36. The van der Waals surface area contributed by atoms with Gasteiger partial charge in [-0.2, -0.15) is 13.2 Å². The van der Waals surface area contributed by atoms with Gasteiger partial charge in [-0.05, 0) is 36.2 Å². The second-order valence-corrected chi connectivity index (χ2v) is 6.30. The van der Waals surface area contributed by atoms with E-state index in [1.54, 1.807) is 6.92 Å². The van der Waals surface area contributed by atoms with E-state index in [-0.39, 0.29) is 12.1 Å². The van der Waals surface area contributed by atoms with Crippen LogP contribution in [0.25, 0.3) is 0 Å². The Bertz CT molecular complexity index is 790. The topological polar surface area (TPSA) is 50.9 Å². The number of halogens is 3. The maximum Gasteiger partial charge on any atom is 0.416 e. The summed E-state index contributed by atoms with van der Waals surface area (Å²) in [6.45, 7) is 3.11. The van der Waals surface area contributed by atoms with Crippen molar-refractivity contribution in [1.29, 1.82) is 0 Å². The van der Waals surface area contributed by atoms with Gasteiger partial charge in [-0.1, -0.05) is 30.3 Å². The molecule has 0 spiro atoms. The molecular formula is C19H20F3N3O. The molecule has 2 aromatic carbocycles. The number of aryl methyl sites for hydroxylation is 1. The fourth-order valence-electron chi connectivity index (χ4n) is 3.02. The number of ether oxygens (including phenoxy) is 1. The van der Waals surface area contributed by atoms with Crippen molar-refractivity contribution in [1.82, 2.24) is 0 Å². The van der Waals surface area contributed by atoms with Crippen molar-refractivity contribution in [3.05, 3.63) is 65.2 Å². The minimum Gasteiger partial charge on any atom is -0.463 e. The quantitative estimate of drug-likeness (QED) is 0.881. The van der Waals surface area contributed by atoms with Crippen LogP contribution in [-0.4, -0.2) is 25.2 Å². The minimum absolute atomic E-state index is 0.152. The smallest absolute Gasteiger partial charge is 0.416 e. The second kappa shape index (κ2) is 7.27. The molecule has 0 amide bonds. The molecule has 1 aliphatic rings. The van der Waals surface area contributed by atoms with Crippen LogP contribution in [0.3, 0.4) is 0 Å². The number of alkyl halides is 3. The summed E-state index contributed by atoms with van der Waals surface area (Å²) in [5, 5.41) is 0. The Morgan fingerprint density at radius 2 is 1.92 bits per heavy atom. The fourth-order valence-corrected chi connectivity index (χ4v) is 3.02. The van der Waals surface area contributed by atoms with E-state index in [1.165, 1.54) is 12.1 Å². The predicted octanol–water partition coefficient (Wildman–Crippen LogP) is 3.73. The van der Waals surface area contributed by atoms with Gasteiger partial charge in [-0.25, -0.2) is 4.99 Å². The lowest BCUT2D eigenvalue weighted by Gasteiger charge is -2.28. The molecule has 1 atom stereocenters. The van der Waals surface area contributed by atoms with Gasteiger partial charge in [0.05, 0.1) is 5.56 Å². The summed E-state index contributed by atoms with van der Waals surface area (Å²) in [6.07, 6.45) is -4.36. The van der Waals surface area contributed by atoms with Crippen molar-refractivity contribution in [2.75, 3.05) is 18.1 Å². The van der Waals surface area contributed by atoms with Gasteiger partial charge in [0.15, 0.2) is 0 Å². The standard InChI is InChI=1S/C19H20F3N3O/c1-13-9-15(19(20,21)22)7-8-17(13)25(10-14-5-3-2-4-6-14)11-16-12-26-18(23)24-16/h2-9,16H,10-12H2,1H3,(H2,23,24). The molecule has 4 nitrogen and oxygen atoms in total. The Balaban J connectivity index is 1.89. The summed E-state index contributed by atoms with van der Waals surface area (Å²) in [6, 6.07) is 13.6. The molecule has 2 N–H and O–H groups in total. The van der Waals surface area contributed by atoms with Crippen LogP contribution in [0.15, 0.2) is 53.5 Å². The van der Waals surface area contributed by atoms with E-state index in [9.17, 15) is 13.2 Å². The zero-order valence-corrected chi connectivity index (χ0v) is 14.3. The molecule has 2 aromatic rings. The lowest BCUT2D eigenvalue weighted by Crippen LogP contribution is -2.32. The van der Waals surface area contributed by atoms with Crippen LogP contribution in [0, 0.1) is 6.92 Å². The first kappa shape index (κ1) is 18.1. The maximum atomic E-state index is 13.0. The van der Waals surface area contributed by atoms with Crippen molar-refractivity contribution < 1.29 is 17.9 Å². The second-order valence-electron chi connectivity index (χ2n) is 6.30. The Morgan fingerprint density at radius 1 is 1.19 bits per heavy atom. The first-order valence-electron chi connectivity index (χ1n) is 8.26. The maximum absolute atomic E-state index is 13.0. The average molecular weight is 363 g/mol. The highest BCUT2D eigenvalue weighted by atomic mass is 19.4. The first-order chi connectivity index (χ1) is 12.3. The number of hydrogen-bond acceptors (Lipinski definition) is 4. The summed E-state index contributed by atoms with van der Waals surface area (Å²) in [5.41, 5.74) is 7.28. The predicted molar refractivity (Wildman–Crippen MR) is 95.0 cm³/mol. The van der Waals surface area contributed by atoms with Gasteiger partial charge < -0.3 is 15.4 Å². The van der Waals surface area contributed by atoms with E-state index >= 15 is 0 Å². The van der Waals surface area contributed by atoms with Gasteiger partial charge in [0.1, 0.15) is 12.6 Å². The van der Waals surface area contributed by atoms with E-state index in [0.29, 0.717) is 25.3 Å². The highest BCUT2D eigenvalue weighted by Crippen LogP contribution is 2.33. The molecule has 1 heterocycles. The summed E-state index contributed by atoms with van der Waals surface area (Å²) in [4.78, 5) is 6.25. The summed E-state index contributed by atoms with van der Waals surface area (Å²) >= 11 is 0. The van der Waals surface area contributed by atoms with E-state index in [1.807, 2.05) is 35.2 Å². The fraction of sp³-hybridized carbons (Fsp3) is 0.316.